The highest BCUT2D eigenvalue weighted by atomic mass is 19.3. The molecule has 1 amide bonds. The molecule has 12 heteroatoms. The Bertz CT molecular complexity index is 1220. The van der Waals surface area contributed by atoms with Crippen molar-refractivity contribution < 1.29 is 23.1 Å². The van der Waals surface area contributed by atoms with E-state index in [2.05, 4.69) is 25.4 Å². The van der Waals surface area contributed by atoms with Crippen molar-refractivity contribution in [2.45, 2.75) is 51.2 Å². The average Bonchev–Trinajstić information content (AvgIpc) is 3.48. The van der Waals surface area contributed by atoms with Crippen molar-refractivity contribution in [1.29, 1.82) is 0 Å². The summed E-state index contributed by atoms with van der Waals surface area (Å²) < 4.78 is 36.0. The van der Waals surface area contributed by atoms with Crippen LogP contribution in [0.5, 0.6) is 0 Å². The summed E-state index contributed by atoms with van der Waals surface area (Å²) in [6, 6.07) is 1.73. The number of halogens is 2. The van der Waals surface area contributed by atoms with Gasteiger partial charge in [0.2, 0.25) is 0 Å². The summed E-state index contributed by atoms with van der Waals surface area (Å²) in [5.41, 5.74) is -0.0201. The molecule has 10 nitrogen and oxygen atoms in total. The molecule has 2 fully saturated rings. The fourth-order valence-corrected chi connectivity index (χ4v) is 4.76. The number of aromatic nitrogens is 5. The molecular weight excluding hydrogens is 460 g/mol. The first kappa shape index (κ1) is 23.3. The second-order valence-electron chi connectivity index (χ2n) is 9.11. The molecule has 0 bridgehead atoms. The molecule has 35 heavy (non-hydrogen) atoms. The minimum absolute atomic E-state index is 0.00393. The molecule has 5 rings (SSSR count). The van der Waals surface area contributed by atoms with Crippen LogP contribution in [0.2, 0.25) is 0 Å². The molecule has 0 radical (unpaired) electrons. The van der Waals surface area contributed by atoms with Gasteiger partial charge in [-0.25, -0.2) is 18.3 Å². The number of nitrogens with zero attached hydrogens (tertiary/aromatic N) is 6. The Morgan fingerprint density at radius 1 is 1.29 bits per heavy atom. The maximum atomic E-state index is 13.7. The lowest BCUT2D eigenvalue weighted by Gasteiger charge is -2.31. The van der Waals surface area contributed by atoms with Crippen LogP contribution in [0.15, 0.2) is 24.7 Å². The SMILES string of the molecule is C[C@@H]1CN(c2ccn3ncc(C(=O)Nc4cn([C@H]5CC[C@H](C=O)CC5)nc4C(F)F)c3n2)CCO1. The first-order valence-electron chi connectivity index (χ1n) is 11.8. The zero-order chi connectivity index (χ0) is 24.5. The third-order valence-electron chi connectivity index (χ3n) is 6.69. The first-order valence-corrected chi connectivity index (χ1v) is 11.8. The number of alkyl halides is 2. The summed E-state index contributed by atoms with van der Waals surface area (Å²) in [5.74, 6) is 0.101. The number of aldehydes is 1. The topological polar surface area (TPSA) is 107 Å². The normalized spacial score (nSPS) is 23.1. The van der Waals surface area contributed by atoms with Crippen LogP contribution in [0.3, 0.4) is 0 Å². The van der Waals surface area contributed by atoms with Crippen LogP contribution in [0.25, 0.3) is 5.65 Å². The molecule has 0 aromatic carbocycles. The second-order valence-corrected chi connectivity index (χ2v) is 9.11. The van der Waals surface area contributed by atoms with E-state index in [1.54, 1.807) is 6.20 Å². The fraction of sp³-hybridized carbons (Fsp3) is 0.522. The Labute approximate surface area is 200 Å². The maximum Gasteiger partial charge on any atom is 0.284 e. The molecule has 1 saturated carbocycles. The van der Waals surface area contributed by atoms with Gasteiger partial charge in [0.15, 0.2) is 11.3 Å². The molecule has 0 unspecified atom stereocenters. The highest BCUT2D eigenvalue weighted by Gasteiger charge is 2.27. The Kier molecular flexibility index (Phi) is 6.46. The number of amides is 1. The molecule has 1 saturated heterocycles. The van der Waals surface area contributed by atoms with E-state index in [0.717, 1.165) is 6.29 Å². The van der Waals surface area contributed by atoms with Crippen LogP contribution in [0.1, 0.15) is 61.1 Å². The number of ether oxygens (including phenoxy) is 1. The van der Waals surface area contributed by atoms with Gasteiger partial charge >= 0.3 is 0 Å². The quantitative estimate of drug-likeness (QED) is 0.532. The average molecular weight is 488 g/mol. The van der Waals surface area contributed by atoms with Gasteiger partial charge in [0, 0.05) is 31.4 Å². The molecule has 1 atom stereocenters. The molecule has 1 N–H and O–H groups in total. The van der Waals surface area contributed by atoms with E-state index in [1.165, 1.54) is 21.6 Å². The van der Waals surface area contributed by atoms with Crippen molar-refractivity contribution in [2.24, 2.45) is 5.92 Å². The summed E-state index contributed by atoms with van der Waals surface area (Å²) >= 11 is 0. The zero-order valence-electron chi connectivity index (χ0n) is 19.3. The summed E-state index contributed by atoms with van der Waals surface area (Å²) in [6.07, 6.45) is 5.42. The summed E-state index contributed by atoms with van der Waals surface area (Å²) in [6.45, 7) is 3.91. The fourth-order valence-electron chi connectivity index (χ4n) is 4.76. The van der Waals surface area contributed by atoms with Crippen molar-refractivity contribution in [1.82, 2.24) is 24.4 Å². The van der Waals surface area contributed by atoms with Gasteiger partial charge in [-0.2, -0.15) is 10.2 Å². The predicted octanol–water partition coefficient (Wildman–Crippen LogP) is 3.27. The number of morpholine rings is 1. The van der Waals surface area contributed by atoms with E-state index in [-0.39, 0.29) is 29.3 Å². The first-order chi connectivity index (χ1) is 16.9. The van der Waals surface area contributed by atoms with Gasteiger partial charge in [-0.1, -0.05) is 0 Å². The van der Waals surface area contributed by atoms with E-state index in [0.29, 0.717) is 56.8 Å². The van der Waals surface area contributed by atoms with Gasteiger partial charge in [0.1, 0.15) is 17.7 Å². The number of carbonyl (C=O) groups is 2. The van der Waals surface area contributed by atoms with Crippen molar-refractivity contribution >= 4 is 29.3 Å². The highest BCUT2D eigenvalue weighted by Crippen LogP contribution is 2.34. The maximum absolute atomic E-state index is 13.7. The summed E-state index contributed by atoms with van der Waals surface area (Å²) in [4.78, 5) is 30.8. The van der Waals surface area contributed by atoms with Gasteiger partial charge in [-0.3, -0.25) is 9.48 Å². The standard InChI is InChI=1S/C23H27F2N7O3/c1-14-11-30(8-9-35-14)19-6-7-31-22(28-19)17(10-26-31)23(34)27-18-12-32(29-20(18)21(24)25)16-4-2-15(13-33)3-5-16/h6-7,10,12-16,21H,2-5,8-9,11H2,1H3,(H,27,34)/t14-,15-,16-/m1/s1. The Hall–Kier alpha value is -3.41. The minimum atomic E-state index is -2.85. The summed E-state index contributed by atoms with van der Waals surface area (Å²) in [7, 11) is 0. The van der Waals surface area contributed by atoms with Gasteiger partial charge < -0.3 is 19.7 Å². The minimum Gasteiger partial charge on any atom is -0.375 e. The molecule has 3 aromatic rings. The van der Waals surface area contributed by atoms with Gasteiger partial charge in [-0.15, -0.1) is 0 Å². The Morgan fingerprint density at radius 2 is 2.09 bits per heavy atom. The van der Waals surface area contributed by atoms with Gasteiger partial charge in [-0.05, 0) is 38.7 Å². The van der Waals surface area contributed by atoms with E-state index >= 15 is 0 Å². The third-order valence-corrected chi connectivity index (χ3v) is 6.69. The number of anilines is 2. The lowest BCUT2D eigenvalue weighted by Crippen LogP contribution is -2.41. The van der Waals surface area contributed by atoms with Gasteiger partial charge in [0.05, 0.1) is 30.6 Å². The van der Waals surface area contributed by atoms with Crippen LogP contribution in [0, 0.1) is 5.92 Å². The van der Waals surface area contributed by atoms with Gasteiger partial charge in [0.25, 0.3) is 12.3 Å². The van der Waals surface area contributed by atoms with Crippen LogP contribution in [0.4, 0.5) is 20.3 Å². The number of fused-ring (bicyclic) bond motifs is 1. The van der Waals surface area contributed by atoms with Crippen molar-refractivity contribution in [3.8, 4) is 0 Å². The van der Waals surface area contributed by atoms with Crippen molar-refractivity contribution in [3.63, 3.8) is 0 Å². The van der Waals surface area contributed by atoms with Crippen molar-refractivity contribution in [3.05, 3.63) is 35.9 Å². The smallest absolute Gasteiger partial charge is 0.284 e. The number of nitrogens with one attached hydrogen (secondary N) is 1. The highest BCUT2D eigenvalue weighted by molar-refractivity contribution is 6.08. The second kappa shape index (κ2) is 9.68. The number of hydrogen-bond acceptors (Lipinski definition) is 7. The summed E-state index contributed by atoms with van der Waals surface area (Å²) in [5, 5.41) is 10.8. The van der Waals surface area contributed by atoms with Crippen LogP contribution >= 0.6 is 0 Å². The Morgan fingerprint density at radius 3 is 2.80 bits per heavy atom. The predicted molar refractivity (Wildman–Crippen MR) is 123 cm³/mol. The molecule has 2 aliphatic rings. The molecule has 0 spiro atoms. The Balaban J connectivity index is 1.38. The largest absolute Gasteiger partial charge is 0.375 e. The molecule has 1 aliphatic heterocycles. The van der Waals surface area contributed by atoms with E-state index in [9.17, 15) is 18.4 Å². The molecular formula is C23H27F2N7O3. The van der Waals surface area contributed by atoms with Crippen molar-refractivity contribution in [2.75, 3.05) is 29.9 Å². The monoisotopic (exact) mass is 487 g/mol. The van der Waals surface area contributed by atoms with Crippen LogP contribution < -0.4 is 10.2 Å². The number of carbonyl (C=O) groups excluding carboxylic acids is 2. The van der Waals surface area contributed by atoms with Crippen LogP contribution in [-0.4, -0.2) is 62.4 Å². The molecule has 3 aromatic heterocycles. The van der Waals surface area contributed by atoms with E-state index < -0.39 is 18.0 Å². The third kappa shape index (κ3) is 4.75. The zero-order valence-corrected chi connectivity index (χ0v) is 19.3. The molecule has 1 aliphatic carbocycles. The lowest BCUT2D eigenvalue weighted by molar-refractivity contribution is -0.112. The van der Waals surface area contributed by atoms with Crippen LogP contribution in [-0.2, 0) is 9.53 Å². The lowest BCUT2D eigenvalue weighted by atomic mass is 9.87. The van der Waals surface area contributed by atoms with E-state index in [1.807, 2.05) is 13.0 Å². The van der Waals surface area contributed by atoms with E-state index in [4.69, 9.17) is 4.74 Å². The number of hydrogen-bond donors (Lipinski definition) is 1. The molecule has 4 heterocycles. The number of rotatable bonds is 6. The molecule has 186 valence electrons.